The predicted molar refractivity (Wildman–Crippen MR) is 69.0 cm³/mol. The number of anilines is 1. The van der Waals surface area contributed by atoms with Crippen LogP contribution in [0.5, 0.6) is 5.75 Å². The number of benzene rings is 1. The molecule has 0 unspecified atom stereocenters. The predicted octanol–water partition coefficient (Wildman–Crippen LogP) is 2.33. The zero-order chi connectivity index (χ0) is 12.7. The molecule has 0 aliphatic carbocycles. The summed E-state index contributed by atoms with van der Waals surface area (Å²) in [6.45, 7) is 2.72. The Labute approximate surface area is 102 Å². The van der Waals surface area contributed by atoms with Gasteiger partial charge in [-0.1, -0.05) is 32.3 Å². The van der Waals surface area contributed by atoms with Gasteiger partial charge >= 0.3 is 0 Å². The maximum Gasteiger partial charge on any atom is 0.252 e. The molecule has 17 heavy (non-hydrogen) atoms. The lowest BCUT2D eigenvalue weighted by molar-refractivity contribution is 0.0996. The lowest BCUT2D eigenvalue weighted by Gasteiger charge is -2.11. The summed E-state index contributed by atoms with van der Waals surface area (Å²) in [7, 11) is 0. The van der Waals surface area contributed by atoms with Gasteiger partial charge in [0.25, 0.3) is 5.91 Å². The Morgan fingerprint density at radius 2 is 2.06 bits per heavy atom. The fourth-order valence-electron chi connectivity index (χ4n) is 1.61. The van der Waals surface area contributed by atoms with Crippen LogP contribution < -0.4 is 16.2 Å². The standard InChI is InChI=1S/C13H20N2O2/c1-2-3-4-5-9-17-12-10(13(15)16)7-6-8-11(12)14/h6-8H,2-5,9,14H2,1H3,(H2,15,16). The topological polar surface area (TPSA) is 78.3 Å². The van der Waals surface area contributed by atoms with Crippen molar-refractivity contribution in [3.63, 3.8) is 0 Å². The van der Waals surface area contributed by atoms with E-state index in [-0.39, 0.29) is 0 Å². The van der Waals surface area contributed by atoms with E-state index >= 15 is 0 Å². The SMILES string of the molecule is CCCCCCOc1c(N)cccc1C(N)=O. The highest BCUT2D eigenvalue weighted by Crippen LogP contribution is 2.26. The van der Waals surface area contributed by atoms with Crippen LogP contribution in [0.1, 0.15) is 43.0 Å². The van der Waals surface area contributed by atoms with Gasteiger partial charge < -0.3 is 16.2 Å². The van der Waals surface area contributed by atoms with Crippen molar-refractivity contribution in [2.24, 2.45) is 5.73 Å². The van der Waals surface area contributed by atoms with Gasteiger partial charge in [-0.2, -0.15) is 0 Å². The molecule has 0 aliphatic heterocycles. The number of primary amides is 1. The van der Waals surface area contributed by atoms with Crippen LogP contribution in [0.15, 0.2) is 18.2 Å². The molecule has 0 spiro atoms. The number of para-hydroxylation sites is 1. The second-order valence-electron chi connectivity index (χ2n) is 4.00. The first kappa shape index (κ1) is 13.4. The molecule has 0 aliphatic rings. The van der Waals surface area contributed by atoms with E-state index in [1.54, 1.807) is 18.2 Å². The quantitative estimate of drug-likeness (QED) is 0.563. The van der Waals surface area contributed by atoms with Crippen LogP contribution in [0.2, 0.25) is 0 Å². The zero-order valence-electron chi connectivity index (χ0n) is 10.2. The van der Waals surface area contributed by atoms with E-state index in [4.69, 9.17) is 16.2 Å². The molecule has 0 saturated carbocycles. The number of hydrogen-bond donors (Lipinski definition) is 2. The Kier molecular flexibility index (Phi) is 5.33. The first-order valence-corrected chi connectivity index (χ1v) is 5.98. The Balaban J connectivity index is 2.60. The first-order chi connectivity index (χ1) is 8.16. The van der Waals surface area contributed by atoms with Gasteiger partial charge in [0, 0.05) is 0 Å². The van der Waals surface area contributed by atoms with E-state index in [2.05, 4.69) is 6.92 Å². The molecule has 1 rings (SSSR count). The summed E-state index contributed by atoms with van der Waals surface area (Å²) in [4.78, 5) is 11.2. The van der Waals surface area contributed by atoms with Gasteiger partial charge in [0.15, 0.2) is 5.75 Å². The van der Waals surface area contributed by atoms with E-state index in [1.165, 1.54) is 12.8 Å². The minimum Gasteiger partial charge on any atom is -0.491 e. The molecule has 0 bridgehead atoms. The maximum absolute atomic E-state index is 11.2. The average molecular weight is 236 g/mol. The van der Waals surface area contributed by atoms with E-state index in [0.29, 0.717) is 23.6 Å². The van der Waals surface area contributed by atoms with Crippen molar-refractivity contribution in [2.45, 2.75) is 32.6 Å². The summed E-state index contributed by atoms with van der Waals surface area (Å²) in [5.41, 5.74) is 11.8. The Morgan fingerprint density at radius 1 is 1.29 bits per heavy atom. The van der Waals surface area contributed by atoms with Crippen LogP contribution in [0.25, 0.3) is 0 Å². The van der Waals surface area contributed by atoms with Crippen molar-refractivity contribution in [3.8, 4) is 5.75 Å². The number of carbonyl (C=O) groups is 1. The summed E-state index contributed by atoms with van der Waals surface area (Å²) < 4.78 is 5.55. The molecular formula is C13H20N2O2. The monoisotopic (exact) mass is 236 g/mol. The second kappa shape index (κ2) is 6.78. The largest absolute Gasteiger partial charge is 0.491 e. The summed E-state index contributed by atoms with van der Waals surface area (Å²) in [5.74, 6) is -0.0997. The van der Waals surface area contributed by atoms with E-state index in [0.717, 1.165) is 12.8 Å². The Morgan fingerprint density at radius 3 is 2.71 bits per heavy atom. The summed E-state index contributed by atoms with van der Waals surface area (Å²) in [6.07, 6.45) is 4.45. The van der Waals surface area contributed by atoms with Crippen LogP contribution in [0, 0.1) is 0 Å². The van der Waals surface area contributed by atoms with Crippen LogP contribution in [-0.2, 0) is 0 Å². The molecule has 0 radical (unpaired) electrons. The number of amides is 1. The van der Waals surface area contributed by atoms with E-state index in [1.807, 2.05) is 0 Å². The fraction of sp³-hybridized carbons (Fsp3) is 0.462. The van der Waals surface area contributed by atoms with Crippen LogP contribution >= 0.6 is 0 Å². The highest BCUT2D eigenvalue weighted by atomic mass is 16.5. The zero-order valence-corrected chi connectivity index (χ0v) is 10.2. The molecule has 1 aromatic carbocycles. The average Bonchev–Trinajstić information content (AvgIpc) is 2.30. The van der Waals surface area contributed by atoms with Crippen molar-refractivity contribution in [1.82, 2.24) is 0 Å². The third-order valence-corrected chi connectivity index (χ3v) is 2.56. The van der Waals surface area contributed by atoms with Gasteiger partial charge in [0.1, 0.15) is 0 Å². The van der Waals surface area contributed by atoms with Crippen LogP contribution in [0.4, 0.5) is 5.69 Å². The third kappa shape index (κ3) is 3.98. The van der Waals surface area contributed by atoms with Crippen molar-refractivity contribution in [1.29, 1.82) is 0 Å². The number of hydrogen-bond acceptors (Lipinski definition) is 3. The molecule has 0 heterocycles. The van der Waals surface area contributed by atoms with Gasteiger partial charge in [0.05, 0.1) is 17.9 Å². The normalized spacial score (nSPS) is 10.2. The molecule has 94 valence electrons. The number of nitrogen functional groups attached to an aromatic ring is 1. The van der Waals surface area contributed by atoms with Crippen molar-refractivity contribution in [2.75, 3.05) is 12.3 Å². The first-order valence-electron chi connectivity index (χ1n) is 5.98. The molecule has 0 atom stereocenters. The lowest BCUT2D eigenvalue weighted by atomic mass is 10.1. The number of nitrogens with two attached hydrogens (primary N) is 2. The molecule has 1 amide bonds. The molecule has 0 fully saturated rings. The molecule has 4 heteroatoms. The molecule has 0 aromatic heterocycles. The minimum atomic E-state index is -0.513. The van der Waals surface area contributed by atoms with E-state index < -0.39 is 5.91 Å². The molecule has 0 saturated heterocycles. The summed E-state index contributed by atoms with van der Waals surface area (Å²) >= 11 is 0. The molecule has 1 aromatic rings. The van der Waals surface area contributed by atoms with Crippen molar-refractivity contribution < 1.29 is 9.53 Å². The second-order valence-corrected chi connectivity index (χ2v) is 4.00. The molecule has 4 N–H and O–H groups in total. The molecular weight excluding hydrogens is 216 g/mol. The number of ether oxygens (including phenoxy) is 1. The lowest BCUT2D eigenvalue weighted by Crippen LogP contribution is -2.14. The number of carbonyl (C=O) groups excluding carboxylic acids is 1. The van der Waals surface area contributed by atoms with Gasteiger partial charge in [0.2, 0.25) is 0 Å². The number of rotatable bonds is 7. The summed E-state index contributed by atoms with van der Waals surface area (Å²) in [5, 5.41) is 0. The summed E-state index contributed by atoms with van der Waals surface area (Å²) in [6, 6.07) is 5.02. The van der Waals surface area contributed by atoms with Crippen LogP contribution in [0.3, 0.4) is 0 Å². The van der Waals surface area contributed by atoms with Gasteiger partial charge in [-0.05, 0) is 18.6 Å². The highest BCUT2D eigenvalue weighted by Gasteiger charge is 2.11. The smallest absolute Gasteiger partial charge is 0.252 e. The number of unbranched alkanes of at least 4 members (excludes halogenated alkanes) is 3. The van der Waals surface area contributed by atoms with Gasteiger partial charge in [-0.3, -0.25) is 4.79 Å². The van der Waals surface area contributed by atoms with Crippen molar-refractivity contribution >= 4 is 11.6 Å². The highest BCUT2D eigenvalue weighted by molar-refractivity contribution is 5.97. The van der Waals surface area contributed by atoms with E-state index in [9.17, 15) is 4.79 Å². The third-order valence-electron chi connectivity index (χ3n) is 2.56. The van der Waals surface area contributed by atoms with Crippen molar-refractivity contribution in [3.05, 3.63) is 23.8 Å². The van der Waals surface area contributed by atoms with Gasteiger partial charge in [-0.25, -0.2) is 0 Å². The van der Waals surface area contributed by atoms with Gasteiger partial charge in [-0.15, -0.1) is 0 Å². The Hall–Kier alpha value is -1.71. The molecule has 4 nitrogen and oxygen atoms in total. The fourth-order valence-corrected chi connectivity index (χ4v) is 1.61. The maximum atomic E-state index is 11.2. The minimum absolute atomic E-state index is 0.348. The Bertz CT molecular complexity index is 378. The van der Waals surface area contributed by atoms with Crippen LogP contribution in [-0.4, -0.2) is 12.5 Å².